The molecule has 1 N–H and O–H groups in total. The minimum Gasteiger partial charge on any atom is -0.429 e. The maximum absolute atomic E-state index is 5.29. The molecule has 0 aliphatic heterocycles. The van der Waals surface area contributed by atoms with Crippen LogP contribution in [0.25, 0.3) is 0 Å². The van der Waals surface area contributed by atoms with Gasteiger partial charge in [0.2, 0.25) is 0 Å². The maximum Gasteiger partial charge on any atom is 0.294 e. The number of hydrogen-bond acceptors (Lipinski definition) is 3. The Hall–Kier alpha value is -0.990. The van der Waals surface area contributed by atoms with E-state index >= 15 is 0 Å². The average molecular weight is 140 g/mol. The van der Waals surface area contributed by atoms with Crippen LogP contribution in [0.1, 0.15) is 18.4 Å². The highest BCUT2D eigenvalue weighted by Crippen LogP contribution is 2.13. The summed E-state index contributed by atoms with van der Waals surface area (Å²) >= 11 is 0. The number of nitrogens with one attached hydrogen (secondary N) is 1. The quantitative estimate of drug-likeness (QED) is 0.677. The molecular weight excluding hydrogens is 128 g/mol. The first kappa shape index (κ1) is 7.12. The van der Waals surface area contributed by atoms with Gasteiger partial charge in [-0.1, -0.05) is 6.92 Å². The summed E-state index contributed by atoms with van der Waals surface area (Å²) in [6, 6.07) is 0.606. The van der Waals surface area contributed by atoms with E-state index in [1.807, 2.05) is 13.8 Å². The summed E-state index contributed by atoms with van der Waals surface area (Å²) in [7, 11) is 1.80. The first-order valence-corrected chi connectivity index (χ1v) is 3.42. The highest BCUT2D eigenvalue weighted by Gasteiger charge is 2.04. The third-order valence-electron chi connectivity index (χ3n) is 1.43. The van der Waals surface area contributed by atoms with Gasteiger partial charge in [0.05, 0.1) is 5.69 Å². The number of nitrogens with zero attached hydrogens (tertiary/aromatic N) is 1. The van der Waals surface area contributed by atoms with Crippen LogP contribution in [0.4, 0.5) is 6.01 Å². The normalized spacial score (nSPS) is 9.90. The summed E-state index contributed by atoms with van der Waals surface area (Å²) in [5.41, 5.74) is 0.979. The standard InChI is InChI=1S/C7H12N2O/c1-4-6-5(2)9-7(8-3)10-6/h4H2,1-3H3,(H,8,9). The summed E-state index contributed by atoms with van der Waals surface area (Å²) in [5.74, 6) is 0.962. The van der Waals surface area contributed by atoms with Gasteiger partial charge >= 0.3 is 0 Å². The van der Waals surface area contributed by atoms with Crippen LogP contribution in [0.15, 0.2) is 4.42 Å². The summed E-state index contributed by atoms with van der Waals surface area (Å²) in [6.07, 6.45) is 0.903. The molecule has 0 amide bonds. The van der Waals surface area contributed by atoms with E-state index < -0.39 is 0 Å². The minimum absolute atomic E-state index is 0.606. The predicted octanol–water partition coefficient (Wildman–Crippen LogP) is 1.59. The number of rotatable bonds is 2. The van der Waals surface area contributed by atoms with E-state index in [0.29, 0.717) is 6.01 Å². The zero-order chi connectivity index (χ0) is 7.56. The molecule has 0 aromatic carbocycles. The van der Waals surface area contributed by atoms with Gasteiger partial charge in [-0.05, 0) is 6.92 Å². The lowest BCUT2D eigenvalue weighted by atomic mass is 10.3. The summed E-state index contributed by atoms with van der Waals surface area (Å²) in [5, 5.41) is 2.84. The van der Waals surface area contributed by atoms with E-state index in [0.717, 1.165) is 17.9 Å². The van der Waals surface area contributed by atoms with E-state index in [1.165, 1.54) is 0 Å². The van der Waals surface area contributed by atoms with Crippen LogP contribution in [0.2, 0.25) is 0 Å². The molecule has 0 aliphatic carbocycles. The Balaban J connectivity index is 2.92. The molecule has 0 radical (unpaired) electrons. The smallest absolute Gasteiger partial charge is 0.294 e. The molecule has 0 fully saturated rings. The van der Waals surface area contributed by atoms with Crippen molar-refractivity contribution in [3.8, 4) is 0 Å². The number of aryl methyl sites for hydroxylation is 2. The Labute approximate surface area is 60.5 Å². The molecule has 1 rings (SSSR count). The summed E-state index contributed by atoms with van der Waals surface area (Å²) in [4.78, 5) is 4.12. The van der Waals surface area contributed by atoms with Crippen LogP contribution in [-0.4, -0.2) is 12.0 Å². The van der Waals surface area contributed by atoms with Gasteiger partial charge in [0, 0.05) is 13.5 Å². The molecule has 3 heteroatoms. The van der Waals surface area contributed by atoms with Crippen molar-refractivity contribution in [3.63, 3.8) is 0 Å². The molecule has 1 aromatic rings. The van der Waals surface area contributed by atoms with Crippen LogP contribution >= 0.6 is 0 Å². The zero-order valence-corrected chi connectivity index (χ0v) is 6.56. The zero-order valence-electron chi connectivity index (χ0n) is 6.56. The van der Waals surface area contributed by atoms with E-state index in [4.69, 9.17) is 4.42 Å². The Kier molecular flexibility index (Phi) is 1.94. The fraction of sp³-hybridized carbons (Fsp3) is 0.571. The number of anilines is 1. The largest absolute Gasteiger partial charge is 0.429 e. The van der Waals surface area contributed by atoms with Gasteiger partial charge in [0.15, 0.2) is 0 Å². The van der Waals surface area contributed by atoms with Gasteiger partial charge in [-0.3, -0.25) is 0 Å². The predicted molar refractivity (Wildman–Crippen MR) is 40.2 cm³/mol. The van der Waals surface area contributed by atoms with Crippen LogP contribution in [0, 0.1) is 6.92 Å². The molecule has 1 aromatic heterocycles. The number of aromatic nitrogens is 1. The Morgan fingerprint density at radius 1 is 1.60 bits per heavy atom. The molecule has 0 bridgehead atoms. The molecular formula is C7H12N2O. The molecule has 0 spiro atoms. The van der Waals surface area contributed by atoms with E-state index in [1.54, 1.807) is 7.05 Å². The molecule has 1 heterocycles. The molecule has 10 heavy (non-hydrogen) atoms. The topological polar surface area (TPSA) is 38.1 Å². The molecule has 56 valence electrons. The molecule has 0 saturated heterocycles. The van der Waals surface area contributed by atoms with Crippen LogP contribution in [0.3, 0.4) is 0 Å². The molecule has 0 unspecified atom stereocenters. The molecule has 0 aliphatic rings. The lowest BCUT2D eigenvalue weighted by Gasteiger charge is -1.87. The highest BCUT2D eigenvalue weighted by atomic mass is 16.4. The summed E-state index contributed by atoms with van der Waals surface area (Å²) < 4.78 is 5.29. The Bertz CT molecular complexity index is 217. The molecule has 0 saturated carbocycles. The lowest BCUT2D eigenvalue weighted by molar-refractivity contribution is 0.524. The molecule has 3 nitrogen and oxygen atoms in total. The molecule has 0 atom stereocenters. The summed E-state index contributed by atoms with van der Waals surface area (Å²) in [6.45, 7) is 4.00. The van der Waals surface area contributed by atoms with Gasteiger partial charge < -0.3 is 9.73 Å². The Morgan fingerprint density at radius 3 is 2.60 bits per heavy atom. The average Bonchev–Trinajstić information content (AvgIpc) is 2.30. The van der Waals surface area contributed by atoms with Crippen molar-refractivity contribution >= 4 is 6.01 Å². The van der Waals surface area contributed by atoms with E-state index in [-0.39, 0.29) is 0 Å². The fourth-order valence-electron chi connectivity index (χ4n) is 0.863. The second-order valence-electron chi connectivity index (χ2n) is 2.13. The van der Waals surface area contributed by atoms with Gasteiger partial charge in [0.25, 0.3) is 6.01 Å². The minimum atomic E-state index is 0.606. The SMILES string of the molecule is CCc1oc(NC)nc1C. The van der Waals surface area contributed by atoms with Crippen molar-refractivity contribution in [1.29, 1.82) is 0 Å². The van der Waals surface area contributed by atoms with Crippen molar-refractivity contribution in [2.75, 3.05) is 12.4 Å². The first-order valence-electron chi connectivity index (χ1n) is 3.42. The van der Waals surface area contributed by atoms with Crippen LogP contribution in [-0.2, 0) is 6.42 Å². The van der Waals surface area contributed by atoms with Gasteiger partial charge in [0.1, 0.15) is 5.76 Å². The van der Waals surface area contributed by atoms with Gasteiger partial charge in [-0.15, -0.1) is 0 Å². The second kappa shape index (κ2) is 2.73. The van der Waals surface area contributed by atoms with Crippen molar-refractivity contribution in [2.45, 2.75) is 20.3 Å². The van der Waals surface area contributed by atoms with Crippen molar-refractivity contribution in [3.05, 3.63) is 11.5 Å². The van der Waals surface area contributed by atoms with E-state index in [2.05, 4.69) is 10.3 Å². The third kappa shape index (κ3) is 1.12. The number of hydrogen-bond donors (Lipinski definition) is 1. The van der Waals surface area contributed by atoms with E-state index in [9.17, 15) is 0 Å². The lowest BCUT2D eigenvalue weighted by Crippen LogP contribution is -1.85. The van der Waals surface area contributed by atoms with Gasteiger partial charge in [-0.25, -0.2) is 0 Å². The van der Waals surface area contributed by atoms with Gasteiger partial charge in [-0.2, -0.15) is 4.98 Å². The Morgan fingerprint density at radius 2 is 2.30 bits per heavy atom. The third-order valence-corrected chi connectivity index (χ3v) is 1.43. The van der Waals surface area contributed by atoms with Crippen molar-refractivity contribution in [1.82, 2.24) is 4.98 Å². The highest BCUT2D eigenvalue weighted by molar-refractivity contribution is 5.23. The fourth-order valence-corrected chi connectivity index (χ4v) is 0.863. The van der Waals surface area contributed by atoms with Crippen LogP contribution < -0.4 is 5.32 Å². The first-order chi connectivity index (χ1) is 4.77. The van der Waals surface area contributed by atoms with Crippen molar-refractivity contribution in [2.24, 2.45) is 0 Å². The second-order valence-corrected chi connectivity index (χ2v) is 2.13. The monoisotopic (exact) mass is 140 g/mol. The van der Waals surface area contributed by atoms with Crippen molar-refractivity contribution < 1.29 is 4.42 Å². The van der Waals surface area contributed by atoms with Crippen LogP contribution in [0.5, 0.6) is 0 Å². The maximum atomic E-state index is 5.29. The number of oxazole rings is 1.